The summed E-state index contributed by atoms with van der Waals surface area (Å²) in [6.45, 7) is 8.60. The van der Waals surface area contributed by atoms with Crippen molar-refractivity contribution in [1.82, 2.24) is 4.90 Å². The summed E-state index contributed by atoms with van der Waals surface area (Å²) in [5, 5.41) is 16.6. The van der Waals surface area contributed by atoms with Gasteiger partial charge in [0.15, 0.2) is 0 Å². The van der Waals surface area contributed by atoms with Gasteiger partial charge in [0.2, 0.25) is 0 Å². The third kappa shape index (κ3) is 3.20. The van der Waals surface area contributed by atoms with Crippen molar-refractivity contribution in [3.8, 4) is 12.1 Å². The fraction of sp³-hybridized carbons (Fsp3) is 0.571. The second-order valence-electron chi connectivity index (χ2n) is 1.98. The molecular formula is C7H8N4. The van der Waals surface area contributed by atoms with E-state index in [1.807, 2.05) is 12.1 Å². The van der Waals surface area contributed by atoms with Crippen LogP contribution in [-0.2, 0) is 0 Å². The third-order valence-corrected chi connectivity index (χ3v) is 1.26. The molecule has 0 fully saturated rings. The second-order valence-corrected chi connectivity index (χ2v) is 1.98. The van der Waals surface area contributed by atoms with E-state index in [-0.39, 0.29) is 19.3 Å². The molecule has 0 heterocycles. The van der Waals surface area contributed by atoms with Gasteiger partial charge in [0.05, 0.1) is 25.2 Å². The summed E-state index contributed by atoms with van der Waals surface area (Å²) in [6.07, 6.45) is -0.380. The highest BCUT2D eigenvalue weighted by Gasteiger charge is 2.15. The van der Waals surface area contributed by atoms with Crippen LogP contribution in [0.2, 0.25) is 0 Å². The molecule has 0 aromatic rings. The lowest BCUT2D eigenvalue weighted by Gasteiger charge is -2.12. The summed E-state index contributed by atoms with van der Waals surface area (Å²) in [5.74, 6) is 0. The topological polar surface area (TPSA) is 55.2 Å². The molecule has 0 amide bonds. The minimum absolute atomic E-state index is 0.136. The van der Waals surface area contributed by atoms with Gasteiger partial charge in [-0.1, -0.05) is 0 Å². The summed E-state index contributed by atoms with van der Waals surface area (Å²) in [6, 6.07) is 3.80. The Kier molecular flexibility index (Phi) is 4.49. The van der Waals surface area contributed by atoms with Crippen molar-refractivity contribution in [3.63, 3.8) is 0 Å². The molecule has 4 nitrogen and oxygen atoms in total. The van der Waals surface area contributed by atoms with Crippen LogP contribution in [-0.4, -0.2) is 24.2 Å². The van der Waals surface area contributed by atoms with E-state index >= 15 is 0 Å². The van der Waals surface area contributed by atoms with Crippen molar-refractivity contribution in [2.24, 2.45) is 0 Å². The first kappa shape index (κ1) is 9.43. The van der Waals surface area contributed by atoms with Crippen LogP contribution in [0.15, 0.2) is 0 Å². The maximum Gasteiger partial charge on any atom is 0.278 e. The Balaban J connectivity index is 4.04. The maximum atomic E-state index is 8.30. The van der Waals surface area contributed by atoms with E-state index in [1.54, 1.807) is 6.92 Å². The predicted octanol–water partition coefficient (Wildman–Crippen LogP) is 0.601. The fourth-order valence-electron chi connectivity index (χ4n) is 0.583. The Bertz CT molecular complexity index is 210. The van der Waals surface area contributed by atoms with Crippen LogP contribution in [0.1, 0.15) is 6.92 Å². The lowest BCUT2D eigenvalue weighted by molar-refractivity contribution is 0.301. The van der Waals surface area contributed by atoms with E-state index < -0.39 is 0 Å². The molecule has 1 atom stereocenters. The van der Waals surface area contributed by atoms with Crippen LogP contribution in [0.3, 0.4) is 0 Å². The SMILES string of the molecule is [C-]#[N+]C(C)N(CC#N)CC#N. The molecule has 0 N–H and O–H groups in total. The number of hydrogen-bond donors (Lipinski definition) is 0. The highest BCUT2D eigenvalue weighted by atomic mass is 15.2. The molecule has 0 aromatic heterocycles. The molecule has 0 aliphatic carbocycles. The molecule has 0 saturated carbocycles. The Labute approximate surface area is 66.1 Å². The quantitative estimate of drug-likeness (QED) is 0.435. The van der Waals surface area contributed by atoms with Gasteiger partial charge < -0.3 is 0 Å². The molecule has 0 saturated heterocycles. The normalized spacial score (nSPS) is 11.2. The van der Waals surface area contributed by atoms with Crippen LogP contribution in [0.25, 0.3) is 4.85 Å². The van der Waals surface area contributed by atoms with Crippen LogP contribution in [0.4, 0.5) is 0 Å². The monoisotopic (exact) mass is 148 g/mol. The van der Waals surface area contributed by atoms with Crippen LogP contribution in [0, 0.1) is 29.2 Å². The lowest BCUT2D eigenvalue weighted by atomic mass is 10.4. The number of nitriles is 2. The van der Waals surface area contributed by atoms with Crippen molar-refractivity contribution in [1.29, 1.82) is 10.5 Å². The second kappa shape index (κ2) is 5.23. The minimum atomic E-state index is -0.380. The van der Waals surface area contributed by atoms with E-state index in [4.69, 9.17) is 17.1 Å². The van der Waals surface area contributed by atoms with Crippen LogP contribution >= 0.6 is 0 Å². The molecular weight excluding hydrogens is 140 g/mol. The first-order valence-electron chi connectivity index (χ1n) is 3.10. The highest BCUT2D eigenvalue weighted by Crippen LogP contribution is 1.97. The van der Waals surface area contributed by atoms with Gasteiger partial charge in [-0.15, -0.1) is 0 Å². The zero-order valence-electron chi connectivity index (χ0n) is 6.28. The Morgan fingerprint density at radius 1 is 1.45 bits per heavy atom. The smallest absolute Gasteiger partial charge is 0.278 e. The van der Waals surface area contributed by atoms with Gasteiger partial charge in [0, 0.05) is 6.92 Å². The molecule has 1 unspecified atom stereocenters. The molecule has 0 radical (unpaired) electrons. The maximum absolute atomic E-state index is 8.30. The summed E-state index contributed by atoms with van der Waals surface area (Å²) in [7, 11) is 0. The first-order valence-corrected chi connectivity index (χ1v) is 3.10. The van der Waals surface area contributed by atoms with Crippen molar-refractivity contribution >= 4 is 0 Å². The van der Waals surface area contributed by atoms with Gasteiger partial charge in [-0.2, -0.15) is 10.5 Å². The Morgan fingerprint density at radius 2 is 1.91 bits per heavy atom. The summed E-state index contributed by atoms with van der Waals surface area (Å²) < 4.78 is 0. The van der Waals surface area contributed by atoms with Crippen molar-refractivity contribution < 1.29 is 0 Å². The van der Waals surface area contributed by atoms with E-state index in [1.165, 1.54) is 4.90 Å². The van der Waals surface area contributed by atoms with E-state index in [0.717, 1.165) is 0 Å². The molecule has 4 heteroatoms. The van der Waals surface area contributed by atoms with Crippen molar-refractivity contribution in [2.75, 3.05) is 13.1 Å². The lowest BCUT2D eigenvalue weighted by Crippen LogP contribution is -2.31. The van der Waals surface area contributed by atoms with E-state index in [2.05, 4.69) is 4.85 Å². The molecule has 0 aromatic carbocycles. The van der Waals surface area contributed by atoms with Gasteiger partial charge in [-0.25, -0.2) is 11.5 Å². The van der Waals surface area contributed by atoms with Gasteiger partial charge in [-0.3, -0.25) is 4.85 Å². The van der Waals surface area contributed by atoms with Gasteiger partial charge in [0.1, 0.15) is 0 Å². The van der Waals surface area contributed by atoms with Crippen molar-refractivity contribution in [3.05, 3.63) is 11.4 Å². The standard InChI is InChI=1S/C7H8N4/c1-7(10-2)11(5-3-8)6-4-9/h7H,5-6H2,1H3. The summed E-state index contributed by atoms with van der Waals surface area (Å²) in [4.78, 5) is 4.71. The molecule has 0 aliphatic rings. The molecule has 56 valence electrons. The van der Waals surface area contributed by atoms with Gasteiger partial charge in [-0.05, 0) is 0 Å². The first-order chi connectivity index (χ1) is 5.26. The molecule has 0 rings (SSSR count). The number of nitrogens with zero attached hydrogens (tertiary/aromatic N) is 4. The molecule has 11 heavy (non-hydrogen) atoms. The average molecular weight is 148 g/mol. The van der Waals surface area contributed by atoms with Crippen molar-refractivity contribution in [2.45, 2.75) is 13.1 Å². The average Bonchev–Trinajstić information content (AvgIpc) is 2.03. The highest BCUT2D eigenvalue weighted by molar-refractivity contribution is 4.89. The fourth-order valence-corrected chi connectivity index (χ4v) is 0.583. The van der Waals surface area contributed by atoms with Gasteiger partial charge in [0.25, 0.3) is 6.17 Å². The van der Waals surface area contributed by atoms with Crippen LogP contribution < -0.4 is 0 Å². The predicted molar refractivity (Wildman–Crippen MR) is 38.9 cm³/mol. The molecule has 0 aliphatic heterocycles. The van der Waals surface area contributed by atoms with E-state index in [9.17, 15) is 0 Å². The minimum Gasteiger partial charge on any atom is -0.296 e. The zero-order chi connectivity index (χ0) is 8.69. The van der Waals surface area contributed by atoms with Crippen LogP contribution in [0.5, 0.6) is 0 Å². The molecule has 0 spiro atoms. The van der Waals surface area contributed by atoms with Gasteiger partial charge >= 0.3 is 0 Å². The largest absolute Gasteiger partial charge is 0.296 e. The summed E-state index contributed by atoms with van der Waals surface area (Å²) >= 11 is 0. The Hall–Kier alpha value is -1.57. The zero-order valence-corrected chi connectivity index (χ0v) is 6.28. The summed E-state index contributed by atoms with van der Waals surface area (Å²) in [5.41, 5.74) is 0. The Morgan fingerprint density at radius 3 is 2.18 bits per heavy atom. The number of hydrogen-bond acceptors (Lipinski definition) is 3. The molecule has 0 bridgehead atoms. The number of rotatable bonds is 3. The van der Waals surface area contributed by atoms with E-state index in [0.29, 0.717) is 0 Å². The third-order valence-electron chi connectivity index (χ3n) is 1.26.